The molecule has 0 radical (unpaired) electrons. The maximum atomic E-state index is 12.8. The van der Waals surface area contributed by atoms with Crippen molar-refractivity contribution in [2.45, 2.75) is 11.4 Å². The van der Waals surface area contributed by atoms with E-state index < -0.39 is 16.0 Å². The van der Waals surface area contributed by atoms with Crippen LogP contribution in [0.15, 0.2) is 46.7 Å². The maximum Gasteiger partial charge on any atom is 0.335 e. The van der Waals surface area contributed by atoms with Crippen LogP contribution in [0.5, 0.6) is 0 Å². The lowest BCUT2D eigenvalue weighted by atomic mass is 10.2. The molecule has 1 N–H and O–H groups in total. The number of carbonyl (C=O) groups is 1. The van der Waals surface area contributed by atoms with Crippen molar-refractivity contribution < 1.29 is 23.1 Å². The second-order valence-corrected chi connectivity index (χ2v) is 7.71. The Kier molecular flexibility index (Phi) is 5.89. The van der Waals surface area contributed by atoms with Crippen LogP contribution >= 0.6 is 11.3 Å². The largest absolute Gasteiger partial charge is 0.478 e. The third-order valence-corrected chi connectivity index (χ3v) is 5.92. The number of aromatic carboxylic acids is 1. The van der Waals surface area contributed by atoms with E-state index in [1.165, 1.54) is 47.0 Å². The SMILES string of the molecule is COCCN(Cc1cccs1)S(=O)(=O)c1ccc(C(=O)O)cc1. The number of rotatable bonds is 8. The molecule has 2 aromatic rings. The number of carboxylic acids is 1. The molecule has 2 rings (SSSR count). The predicted molar refractivity (Wildman–Crippen MR) is 87.2 cm³/mol. The fourth-order valence-electron chi connectivity index (χ4n) is 1.97. The second kappa shape index (κ2) is 7.69. The zero-order chi connectivity index (χ0) is 16.9. The van der Waals surface area contributed by atoms with Gasteiger partial charge in [0.1, 0.15) is 0 Å². The first kappa shape index (κ1) is 17.6. The number of carboxylic acid groups (broad SMARTS) is 1. The van der Waals surface area contributed by atoms with Crippen LogP contribution in [0.3, 0.4) is 0 Å². The minimum atomic E-state index is -3.72. The van der Waals surface area contributed by atoms with Gasteiger partial charge in [0.25, 0.3) is 0 Å². The van der Waals surface area contributed by atoms with Gasteiger partial charge in [-0.1, -0.05) is 6.07 Å². The van der Waals surface area contributed by atoms with E-state index in [2.05, 4.69) is 0 Å². The number of sulfonamides is 1. The summed E-state index contributed by atoms with van der Waals surface area (Å²) in [5, 5.41) is 10.8. The van der Waals surface area contributed by atoms with E-state index in [4.69, 9.17) is 9.84 Å². The normalized spacial score (nSPS) is 11.7. The van der Waals surface area contributed by atoms with Crippen molar-refractivity contribution in [1.29, 1.82) is 0 Å². The summed E-state index contributed by atoms with van der Waals surface area (Å²) in [6, 6.07) is 8.93. The highest BCUT2D eigenvalue weighted by Crippen LogP contribution is 2.21. The Balaban J connectivity index is 2.28. The molecular formula is C15H17NO5S2. The lowest BCUT2D eigenvalue weighted by molar-refractivity contribution is 0.0696. The number of hydrogen-bond donors (Lipinski definition) is 1. The van der Waals surface area contributed by atoms with Crippen LogP contribution in [0, 0.1) is 0 Å². The van der Waals surface area contributed by atoms with Gasteiger partial charge < -0.3 is 9.84 Å². The number of nitrogens with zero attached hydrogens (tertiary/aromatic N) is 1. The number of ether oxygens (including phenoxy) is 1. The van der Waals surface area contributed by atoms with Crippen molar-refractivity contribution >= 4 is 27.3 Å². The van der Waals surface area contributed by atoms with Crippen molar-refractivity contribution in [3.05, 3.63) is 52.2 Å². The molecule has 1 aromatic heterocycles. The van der Waals surface area contributed by atoms with Gasteiger partial charge in [-0.25, -0.2) is 13.2 Å². The van der Waals surface area contributed by atoms with Crippen molar-refractivity contribution in [3.63, 3.8) is 0 Å². The average molecular weight is 355 g/mol. The van der Waals surface area contributed by atoms with E-state index >= 15 is 0 Å². The zero-order valence-corrected chi connectivity index (χ0v) is 14.1. The molecule has 124 valence electrons. The predicted octanol–water partition coefficient (Wildman–Crippen LogP) is 2.28. The van der Waals surface area contributed by atoms with Crippen LogP contribution in [0.2, 0.25) is 0 Å². The summed E-state index contributed by atoms with van der Waals surface area (Å²) in [6.45, 7) is 0.749. The first-order valence-electron chi connectivity index (χ1n) is 6.80. The molecule has 1 heterocycles. The summed E-state index contributed by atoms with van der Waals surface area (Å²) >= 11 is 1.48. The fraction of sp³-hybridized carbons (Fsp3) is 0.267. The standard InChI is InChI=1S/C15H17NO5S2/c1-21-9-8-16(11-13-3-2-10-22-13)23(19,20)14-6-4-12(5-7-14)15(17)18/h2-7,10H,8-9,11H2,1H3,(H,17,18). The van der Waals surface area contributed by atoms with Crippen LogP contribution in [-0.2, 0) is 21.3 Å². The number of thiophene rings is 1. The van der Waals surface area contributed by atoms with Crippen LogP contribution in [0.1, 0.15) is 15.2 Å². The van der Waals surface area contributed by atoms with Crippen molar-refractivity contribution in [2.75, 3.05) is 20.3 Å². The Bertz CT molecular complexity index is 739. The van der Waals surface area contributed by atoms with Crippen LogP contribution < -0.4 is 0 Å². The number of methoxy groups -OCH3 is 1. The van der Waals surface area contributed by atoms with Crippen molar-refractivity contribution in [1.82, 2.24) is 4.31 Å². The van der Waals surface area contributed by atoms with Gasteiger partial charge in [0.2, 0.25) is 10.0 Å². The second-order valence-electron chi connectivity index (χ2n) is 4.74. The Labute approximate surface area is 139 Å². The Morgan fingerprint density at radius 1 is 1.26 bits per heavy atom. The molecule has 1 aromatic carbocycles. The van der Waals surface area contributed by atoms with Crippen molar-refractivity contribution in [3.8, 4) is 0 Å². The third kappa shape index (κ3) is 4.38. The van der Waals surface area contributed by atoms with E-state index in [1.54, 1.807) is 0 Å². The lowest BCUT2D eigenvalue weighted by Crippen LogP contribution is -2.33. The first-order valence-corrected chi connectivity index (χ1v) is 9.12. The van der Waals surface area contributed by atoms with Crippen LogP contribution in [-0.4, -0.2) is 44.1 Å². The van der Waals surface area contributed by atoms with E-state index in [0.29, 0.717) is 0 Å². The van der Waals surface area contributed by atoms with Crippen LogP contribution in [0.25, 0.3) is 0 Å². The van der Waals surface area contributed by atoms with E-state index in [-0.39, 0.29) is 30.2 Å². The van der Waals surface area contributed by atoms with Gasteiger partial charge in [-0.15, -0.1) is 11.3 Å². The molecule has 0 saturated carbocycles. The monoisotopic (exact) mass is 355 g/mol. The molecule has 0 spiro atoms. The third-order valence-electron chi connectivity index (χ3n) is 3.20. The fourth-order valence-corrected chi connectivity index (χ4v) is 4.18. The topological polar surface area (TPSA) is 83.9 Å². The van der Waals surface area contributed by atoms with Crippen molar-refractivity contribution in [2.24, 2.45) is 0 Å². The molecule has 0 aliphatic rings. The summed E-state index contributed by atoms with van der Waals surface area (Å²) in [4.78, 5) is 11.9. The molecule has 0 aliphatic heterocycles. The molecule has 0 unspecified atom stereocenters. The summed E-state index contributed by atoms with van der Waals surface area (Å²) in [5.74, 6) is -1.09. The summed E-state index contributed by atoms with van der Waals surface area (Å²) in [5.41, 5.74) is 0.0469. The molecule has 0 amide bonds. The highest BCUT2D eigenvalue weighted by Gasteiger charge is 2.25. The Morgan fingerprint density at radius 2 is 1.96 bits per heavy atom. The quantitative estimate of drug-likeness (QED) is 0.785. The van der Waals surface area contributed by atoms with Gasteiger partial charge in [0.15, 0.2) is 0 Å². The van der Waals surface area contributed by atoms with Gasteiger partial charge in [0.05, 0.1) is 17.1 Å². The zero-order valence-electron chi connectivity index (χ0n) is 12.5. The minimum absolute atomic E-state index is 0.0469. The van der Waals surface area contributed by atoms with Gasteiger partial charge in [-0.05, 0) is 35.7 Å². The van der Waals surface area contributed by atoms with Crippen LogP contribution in [0.4, 0.5) is 0 Å². The Morgan fingerprint density at radius 3 is 2.48 bits per heavy atom. The smallest absolute Gasteiger partial charge is 0.335 e. The van der Waals surface area contributed by atoms with Gasteiger partial charge >= 0.3 is 5.97 Å². The van der Waals surface area contributed by atoms with Gasteiger partial charge in [-0.3, -0.25) is 0 Å². The average Bonchev–Trinajstić information content (AvgIpc) is 3.04. The molecular weight excluding hydrogens is 338 g/mol. The Hall–Kier alpha value is -1.74. The first-order chi connectivity index (χ1) is 10.9. The van der Waals surface area contributed by atoms with Gasteiger partial charge in [0, 0.05) is 25.1 Å². The minimum Gasteiger partial charge on any atom is -0.478 e. The molecule has 0 atom stereocenters. The lowest BCUT2D eigenvalue weighted by Gasteiger charge is -2.21. The highest BCUT2D eigenvalue weighted by atomic mass is 32.2. The molecule has 0 saturated heterocycles. The maximum absolute atomic E-state index is 12.8. The van der Waals surface area contributed by atoms with Gasteiger partial charge in [-0.2, -0.15) is 4.31 Å². The van der Waals surface area contributed by atoms with E-state index in [9.17, 15) is 13.2 Å². The molecule has 6 nitrogen and oxygen atoms in total. The summed E-state index contributed by atoms with van der Waals surface area (Å²) < 4.78 is 31.9. The van der Waals surface area contributed by atoms with E-state index in [0.717, 1.165) is 4.88 Å². The number of hydrogen-bond acceptors (Lipinski definition) is 5. The molecule has 23 heavy (non-hydrogen) atoms. The molecule has 0 bridgehead atoms. The highest BCUT2D eigenvalue weighted by molar-refractivity contribution is 7.89. The molecule has 8 heteroatoms. The summed E-state index contributed by atoms with van der Waals surface area (Å²) in [6.07, 6.45) is 0. The summed E-state index contributed by atoms with van der Waals surface area (Å²) in [7, 11) is -2.21. The number of benzene rings is 1. The van der Waals surface area contributed by atoms with E-state index in [1.807, 2.05) is 17.5 Å². The molecule has 0 aliphatic carbocycles. The molecule has 0 fully saturated rings.